The molecule has 1 saturated heterocycles. The van der Waals surface area contributed by atoms with E-state index in [0.717, 1.165) is 21.9 Å². The minimum Gasteiger partial charge on any atom is -0.497 e. The van der Waals surface area contributed by atoms with Gasteiger partial charge in [-0.3, -0.25) is 9.69 Å². The second-order valence-electron chi connectivity index (χ2n) is 11.7. The van der Waals surface area contributed by atoms with Crippen LogP contribution in [0.3, 0.4) is 0 Å². The number of β-lactam (4-membered cyclic amide) rings is 1. The molecule has 2 aliphatic rings. The second-order valence-corrected chi connectivity index (χ2v) is 17.6. The van der Waals surface area contributed by atoms with E-state index in [1.807, 2.05) is 73.5 Å². The number of nitrogens with zero attached hydrogens (tertiary/aromatic N) is 2. The van der Waals surface area contributed by atoms with Gasteiger partial charge in [-0.2, -0.15) is 0 Å². The van der Waals surface area contributed by atoms with Crippen LogP contribution in [0.5, 0.6) is 5.75 Å². The molecule has 2 aromatic carbocycles. The minimum absolute atomic E-state index is 0.0327. The summed E-state index contributed by atoms with van der Waals surface area (Å²) >= 11 is 1.55. The Morgan fingerprint density at radius 1 is 1.08 bits per heavy atom. The van der Waals surface area contributed by atoms with Crippen LogP contribution in [0.1, 0.15) is 38.8 Å². The van der Waals surface area contributed by atoms with Gasteiger partial charge in [-0.1, -0.05) is 75.0 Å². The first-order chi connectivity index (χ1) is 18.3. The molecule has 0 unspecified atom stereocenters. The average molecular weight is 569 g/mol. The number of ether oxygens (including phenoxy) is 2. The summed E-state index contributed by atoms with van der Waals surface area (Å²) in [7, 11) is 1.50. The van der Waals surface area contributed by atoms with Crippen LogP contribution in [0.25, 0.3) is 0 Å². The summed E-state index contributed by atoms with van der Waals surface area (Å²) in [5.74, 6) is -0.115. The number of hydrogen-bond donors (Lipinski definition) is 0. The molecule has 0 radical (unpaired) electrons. The molecule has 1 fully saturated rings. The van der Waals surface area contributed by atoms with E-state index >= 15 is 0 Å². The molecule has 0 N–H and O–H groups in total. The molecule has 4 rings (SSSR count). The highest BCUT2D eigenvalue weighted by Gasteiger charge is 2.59. The Morgan fingerprint density at radius 2 is 1.72 bits per heavy atom. The zero-order valence-electron chi connectivity index (χ0n) is 24.2. The van der Waals surface area contributed by atoms with Crippen LogP contribution in [0.2, 0.25) is 18.1 Å². The number of fused-ring (bicyclic) bond motifs is 1. The van der Waals surface area contributed by atoms with Crippen molar-refractivity contribution >= 4 is 32.0 Å². The van der Waals surface area contributed by atoms with Crippen molar-refractivity contribution in [3.63, 3.8) is 0 Å². The average Bonchev–Trinajstić information content (AvgIpc) is 3.22. The van der Waals surface area contributed by atoms with Crippen LogP contribution < -0.4 is 4.74 Å². The number of methoxy groups -OCH3 is 1. The molecule has 210 valence electrons. The molecule has 2 aliphatic heterocycles. The fraction of sp³-hybridized carbons (Fsp3) is 0.467. The molecule has 2 heterocycles. The summed E-state index contributed by atoms with van der Waals surface area (Å²) in [6.07, 6.45) is -0.250. The van der Waals surface area contributed by atoms with Crippen LogP contribution in [0.15, 0.2) is 65.3 Å². The lowest BCUT2D eigenvalue weighted by molar-refractivity contribution is -0.158. The van der Waals surface area contributed by atoms with Crippen LogP contribution in [-0.2, 0) is 31.9 Å². The van der Waals surface area contributed by atoms with Gasteiger partial charge in [-0.25, -0.2) is 4.79 Å². The summed E-state index contributed by atoms with van der Waals surface area (Å²) in [5, 5.41) is 0.569. The Morgan fingerprint density at radius 3 is 2.31 bits per heavy atom. The van der Waals surface area contributed by atoms with Gasteiger partial charge in [0.1, 0.15) is 22.8 Å². The molecule has 7 nitrogen and oxygen atoms in total. The van der Waals surface area contributed by atoms with Crippen molar-refractivity contribution in [2.75, 3.05) is 14.2 Å². The Bertz CT molecular complexity index is 1230. The van der Waals surface area contributed by atoms with Gasteiger partial charge < -0.3 is 18.8 Å². The maximum absolute atomic E-state index is 13.6. The number of rotatable bonds is 10. The molecule has 0 spiro atoms. The van der Waals surface area contributed by atoms with Crippen molar-refractivity contribution in [2.45, 2.75) is 70.5 Å². The van der Waals surface area contributed by atoms with Gasteiger partial charge in [0.25, 0.3) is 0 Å². The van der Waals surface area contributed by atoms with Crippen molar-refractivity contribution < 1.29 is 23.5 Å². The van der Waals surface area contributed by atoms with Crippen molar-refractivity contribution in [2.24, 2.45) is 5.92 Å². The van der Waals surface area contributed by atoms with E-state index in [1.54, 1.807) is 23.8 Å². The standard InChI is InChI=1S/C30H40N2O5SSi/c1-20(37-39(7,8)30(2,3)4)24-26(33)32-25(29(34)36-19-22-12-10-9-11-13-22)28(38-27(24)32)31(5)18-21-14-16-23(35-6)17-15-21/h9-17,20,24,27H,18-19H2,1-8H3/t20-,24-,27+/m0/s1. The first-order valence-corrected chi connectivity index (χ1v) is 17.1. The normalized spacial score (nSPS) is 19.9. The van der Waals surface area contributed by atoms with Crippen molar-refractivity contribution in [1.82, 2.24) is 9.80 Å². The number of esters is 1. The highest BCUT2D eigenvalue weighted by atomic mass is 32.2. The van der Waals surface area contributed by atoms with Gasteiger partial charge in [-0.15, -0.1) is 0 Å². The monoisotopic (exact) mass is 568 g/mol. The second kappa shape index (κ2) is 11.4. The number of thioether (sulfide) groups is 1. The molecule has 39 heavy (non-hydrogen) atoms. The molecule has 0 bridgehead atoms. The van der Waals surface area contributed by atoms with E-state index in [-0.39, 0.29) is 34.9 Å². The lowest BCUT2D eigenvalue weighted by Gasteiger charge is -2.48. The topological polar surface area (TPSA) is 68.3 Å². The summed E-state index contributed by atoms with van der Waals surface area (Å²) in [4.78, 5) is 30.7. The van der Waals surface area contributed by atoms with Crippen molar-refractivity contribution in [3.05, 3.63) is 76.5 Å². The zero-order chi connectivity index (χ0) is 28.5. The van der Waals surface area contributed by atoms with E-state index in [0.29, 0.717) is 12.2 Å². The van der Waals surface area contributed by atoms with Crippen LogP contribution >= 0.6 is 11.8 Å². The number of carbonyl (C=O) groups excluding carboxylic acids is 2. The third-order valence-corrected chi connectivity index (χ3v) is 13.9. The van der Waals surface area contributed by atoms with E-state index in [4.69, 9.17) is 13.9 Å². The smallest absolute Gasteiger partial charge is 0.358 e. The SMILES string of the molecule is COc1ccc(CN(C)C2=C(C(=O)OCc3ccccc3)N3C(=O)[C@H]([C@H](C)O[Si](C)(C)C(C)(C)C)[C@H]3S2)cc1. The predicted octanol–water partition coefficient (Wildman–Crippen LogP) is 5.98. The van der Waals surface area contributed by atoms with E-state index in [2.05, 4.69) is 33.9 Å². The molecule has 0 aliphatic carbocycles. The first-order valence-electron chi connectivity index (χ1n) is 13.3. The maximum Gasteiger partial charge on any atom is 0.358 e. The maximum atomic E-state index is 13.6. The highest BCUT2D eigenvalue weighted by Crippen LogP contribution is 2.52. The molecule has 1 amide bonds. The molecule has 0 saturated carbocycles. The van der Waals surface area contributed by atoms with Crippen LogP contribution in [0.4, 0.5) is 0 Å². The summed E-state index contributed by atoms with van der Waals surface area (Å²) < 4.78 is 17.6. The quantitative estimate of drug-likeness (QED) is 0.198. The minimum atomic E-state index is -2.08. The van der Waals surface area contributed by atoms with E-state index in [9.17, 15) is 9.59 Å². The largest absolute Gasteiger partial charge is 0.497 e. The van der Waals surface area contributed by atoms with Gasteiger partial charge in [0.05, 0.1) is 19.1 Å². The third-order valence-electron chi connectivity index (χ3n) is 7.88. The Hall–Kier alpha value is -2.75. The molecule has 3 atom stereocenters. The van der Waals surface area contributed by atoms with E-state index < -0.39 is 14.3 Å². The van der Waals surface area contributed by atoms with Crippen molar-refractivity contribution in [3.8, 4) is 5.75 Å². The number of hydrogen-bond acceptors (Lipinski definition) is 7. The summed E-state index contributed by atoms with van der Waals surface area (Å²) in [6.45, 7) is 13.7. The highest BCUT2D eigenvalue weighted by molar-refractivity contribution is 8.04. The number of amides is 1. The van der Waals surface area contributed by atoms with E-state index in [1.165, 1.54) is 0 Å². The van der Waals surface area contributed by atoms with Gasteiger partial charge in [0, 0.05) is 13.6 Å². The first kappa shape index (κ1) is 29.2. The van der Waals surface area contributed by atoms with Crippen LogP contribution in [-0.4, -0.2) is 55.6 Å². The molecular formula is C30H40N2O5SSi. The van der Waals surface area contributed by atoms with Crippen molar-refractivity contribution in [1.29, 1.82) is 0 Å². The predicted molar refractivity (Wildman–Crippen MR) is 157 cm³/mol. The lowest BCUT2D eigenvalue weighted by Crippen LogP contribution is -2.62. The third kappa shape index (κ3) is 6.05. The van der Waals surface area contributed by atoms with Gasteiger partial charge in [0.15, 0.2) is 14.0 Å². The van der Waals surface area contributed by atoms with Gasteiger partial charge in [-0.05, 0) is 48.3 Å². The Kier molecular flexibility index (Phi) is 8.54. The van der Waals surface area contributed by atoms with Gasteiger partial charge >= 0.3 is 5.97 Å². The fourth-order valence-corrected chi connectivity index (χ4v) is 7.59. The Labute approximate surface area is 237 Å². The molecule has 0 aromatic heterocycles. The summed E-state index contributed by atoms with van der Waals surface area (Å²) in [6, 6.07) is 17.4. The zero-order valence-corrected chi connectivity index (χ0v) is 26.0. The fourth-order valence-electron chi connectivity index (χ4n) is 4.60. The molecule has 2 aromatic rings. The molecular weight excluding hydrogens is 528 g/mol. The van der Waals surface area contributed by atoms with Gasteiger partial charge in [0.2, 0.25) is 5.91 Å². The van der Waals surface area contributed by atoms with Crippen LogP contribution in [0, 0.1) is 5.92 Å². The number of carbonyl (C=O) groups is 2. The Balaban J connectivity index is 1.57. The number of benzene rings is 2. The summed E-state index contributed by atoms with van der Waals surface area (Å²) in [5.41, 5.74) is 2.28. The molecule has 9 heteroatoms. The lowest BCUT2D eigenvalue weighted by atomic mass is 9.92.